The lowest BCUT2D eigenvalue weighted by Crippen LogP contribution is -2.41. The second kappa shape index (κ2) is 7.94. The molecule has 1 aromatic carbocycles. The second-order valence-corrected chi connectivity index (χ2v) is 5.84. The van der Waals surface area contributed by atoms with E-state index >= 15 is 0 Å². The topological polar surface area (TPSA) is 75.4 Å². The first-order chi connectivity index (χ1) is 10.6. The number of carbonyl (C=O) groups excluding carboxylic acids is 2. The Labute approximate surface area is 131 Å². The van der Waals surface area contributed by atoms with Crippen molar-refractivity contribution in [1.29, 1.82) is 0 Å². The zero-order valence-electron chi connectivity index (χ0n) is 13.2. The standard InChI is InChI=1S/C17H25N3O2/c1-2-20(15-6-4-3-5-7-15)12-16(21)19-14-10-8-13(9-11-14)17(18)22/h8-11,15H,2-7,12H2,1H3,(H2,18,22)(H,19,21). The van der Waals surface area contributed by atoms with Gasteiger partial charge in [-0.2, -0.15) is 0 Å². The van der Waals surface area contributed by atoms with E-state index in [9.17, 15) is 9.59 Å². The zero-order valence-corrected chi connectivity index (χ0v) is 13.2. The number of nitrogens with one attached hydrogen (secondary N) is 1. The minimum atomic E-state index is -0.465. The van der Waals surface area contributed by atoms with Crippen LogP contribution in [0, 0.1) is 0 Å². The number of benzene rings is 1. The first kappa shape index (κ1) is 16.5. The lowest BCUT2D eigenvalue weighted by atomic mass is 9.94. The van der Waals surface area contributed by atoms with Crippen LogP contribution in [-0.4, -0.2) is 35.8 Å². The molecule has 0 saturated heterocycles. The molecule has 0 spiro atoms. The lowest BCUT2D eigenvalue weighted by molar-refractivity contribution is -0.118. The highest BCUT2D eigenvalue weighted by atomic mass is 16.2. The van der Waals surface area contributed by atoms with Crippen LogP contribution in [-0.2, 0) is 4.79 Å². The third-order valence-electron chi connectivity index (χ3n) is 4.30. The molecule has 1 aliphatic carbocycles. The van der Waals surface area contributed by atoms with Crippen LogP contribution in [0.1, 0.15) is 49.4 Å². The summed E-state index contributed by atoms with van der Waals surface area (Å²) in [5.74, 6) is -0.480. The van der Waals surface area contributed by atoms with Crippen molar-refractivity contribution in [2.24, 2.45) is 5.73 Å². The largest absolute Gasteiger partial charge is 0.366 e. The predicted octanol–water partition coefficient (Wildman–Crippen LogP) is 2.38. The van der Waals surface area contributed by atoms with E-state index < -0.39 is 5.91 Å². The molecule has 1 aromatic rings. The fraction of sp³-hybridized carbons (Fsp3) is 0.529. The first-order valence-corrected chi connectivity index (χ1v) is 8.04. The summed E-state index contributed by atoms with van der Waals surface area (Å²) in [6.07, 6.45) is 6.21. The molecule has 0 heterocycles. The van der Waals surface area contributed by atoms with Gasteiger partial charge in [0.25, 0.3) is 0 Å². The molecule has 5 nitrogen and oxygen atoms in total. The second-order valence-electron chi connectivity index (χ2n) is 5.84. The number of likely N-dealkylation sites (N-methyl/N-ethyl adjacent to an activating group) is 1. The van der Waals surface area contributed by atoms with E-state index in [1.54, 1.807) is 24.3 Å². The summed E-state index contributed by atoms with van der Waals surface area (Å²) in [7, 11) is 0. The molecule has 0 aliphatic heterocycles. The molecule has 0 aromatic heterocycles. The molecular formula is C17H25N3O2. The number of carbonyl (C=O) groups is 2. The van der Waals surface area contributed by atoms with E-state index in [0.29, 0.717) is 23.8 Å². The molecule has 3 N–H and O–H groups in total. The molecule has 0 unspecified atom stereocenters. The van der Waals surface area contributed by atoms with E-state index in [2.05, 4.69) is 17.1 Å². The van der Waals surface area contributed by atoms with Gasteiger partial charge in [-0.15, -0.1) is 0 Å². The van der Waals surface area contributed by atoms with Gasteiger partial charge in [-0.3, -0.25) is 14.5 Å². The molecule has 22 heavy (non-hydrogen) atoms. The minimum Gasteiger partial charge on any atom is -0.366 e. The van der Waals surface area contributed by atoms with Crippen LogP contribution < -0.4 is 11.1 Å². The van der Waals surface area contributed by atoms with Gasteiger partial charge in [-0.05, 0) is 43.7 Å². The molecule has 0 bridgehead atoms. The van der Waals surface area contributed by atoms with Crippen LogP contribution in [0.3, 0.4) is 0 Å². The number of hydrogen-bond donors (Lipinski definition) is 2. The van der Waals surface area contributed by atoms with Gasteiger partial charge < -0.3 is 11.1 Å². The van der Waals surface area contributed by atoms with Crippen LogP contribution >= 0.6 is 0 Å². The third-order valence-corrected chi connectivity index (χ3v) is 4.30. The van der Waals surface area contributed by atoms with E-state index in [1.807, 2.05) is 0 Å². The minimum absolute atomic E-state index is 0.0146. The predicted molar refractivity (Wildman–Crippen MR) is 87.7 cm³/mol. The zero-order chi connectivity index (χ0) is 15.9. The van der Waals surface area contributed by atoms with Crippen molar-refractivity contribution in [3.8, 4) is 0 Å². The molecule has 2 rings (SSSR count). The van der Waals surface area contributed by atoms with Gasteiger partial charge >= 0.3 is 0 Å². The molecule has 5 heteroatoms. The van der Waals surface area contributed by atoms with Crippen molar-refractivity contribution in [1.82, 2.24) is 4.90 Å². The molecule has 120 valence electrons. The number of rotatable bonds is 6. The van der Waals surface area contributed by atoms with Gasteiger partial charge in [-0.1, -0.05) is 26.2 Å². The highest BCUT2D eigenvalue weighted by Crippen LogP contribution is 2.22. The van der Waals surface area contributed by atoms with E-state index in [1.165, 1.54) is 32.1 Å². The Kier molecular flexibility index (Phi) is 5.95. The van der Waals surface area contributed by atoms with E-state index in [4.69, 9.17) is 5.73 Å². The Morgan fingerprint density at radius 2 is 1.82 bits per heavy atom. The number of amides is 2. The maximum absolute atomic E-state index is 12.2. The van der Waals surface area contributed by atoms with Gasteiger partial charge in [0.15, 0.2) is 0 Å². The average Bonchev–Trinajstić information content (AvgIpc) is 2.54. The number of hydrogen-bond acceptors (Lipinski definition) is 3. The molecule has 0 radical (unpaired) electrons. The van der Waals surface area contributed by atoms with Crippen molar-refractivity contribution in [2.75, 3.05) is 18.4 Å². The quantitative estimate of drug-likeness (QED) is 0.847. The molecule has 1 aliphatic rings. The van der Waals surface area contributed by atoms with Gasteiger partial charge in [0.05, 0.1) is 6.54 Å². The van der Waals surface area contributed by atoms with Gasteiger partial charge in [0.1, 0.15) is 0 Å². The van der Waals surface area contributed by atoms with Crippen LogP contribution in [0.25, 0.3) is 0 Å². The number of primary amides is 1. The average molecular weight is 303 g/mol. The Hall–Kier alpha value is -1.88. The maximum atomic E-state index is 12.2. The Morgan fingerprint density at radius 1 is 1.18 bits per heavy atom. The first-order valence-electron chi connectivity index (χ1n) is 8.04. The van der Waals surface area contributed by atoms with Crippen molar-refractivity contribution < 1.29 is 9.59 Å². The fourth-order valence-corrected chi connectivity index (χ4v) is 3.05. The molecule has 1 fully saturated rings. The van der Waals surface area contributed by atoms with Gasteiger partial charge in [-0.25, -0.2) is 0 Å². The summed E-state index contributed by atoms with van der Waals surface area (Å²) in [5, 5.41) is 2.88. The maximum Gasteiger partial charge on any atom is 0.248 e. The van der Waals surface area contributed by atoms with Crippen LogP contribution in [0.15, 0.2) is 24.3 Å². The number of anilines is 1. The van der Waals surface area contributed by atoms with Crippen molar-refractivity contribution >= 4 is 17.5 Å². The van der Waals surface area contributed by atoms with Crippen LogP contribution in [0.2, 0.25) is 0 Å². The van der Waals surface area contributed by atoms with Crippen molar-refractivity contribution in [3.05, 3.63) is 29.8 Å². The summed E-state index contributed by atoms with van der Waals surface area (Å²) < 4.78 is 0. The monoisotopic (exact) mass is 303 g/mol. The Morgan fingerprint density at radius 3 is 2.36 bits per heavy atom. The van der Waals surface area contributed by atoms with Gasteiger partial charge in [0, 0.05) is 17.3 Å². The van der Waals surface area contributed by atoms with Crippen LogP contribution in [0.5, 0.6) is 0 Å². The van der Waals surface area contributed by atoms with Crippen molar-refractivity contribution in [3.63, 3.8) is 0 Å². The van der Waals surface area contributed by atoms with Crippen molar-refractivity contribution in [2.45, 2.75) is 45.1 Å². The summed E-state index contributed by atoms with van der Waals surface area (Å²) in [6, 6.07) is 7.18. The Balaban J connectivity index is 1.89. The molecule has 1 saturated carbocycles. The highest BCUT2D eigenvalue weighted by Gasteiger charge is 2.21. The molecular weight excluding hydrogens is 278 g/mol. The number of nitrogens with zero attached hydrogens (tertiary/aromatic N) is 1. The van der Waals surface area contributed by atoms with E-state index in [-0.39, 0.29) is 5.91 Å². The number of nitrogens with two attached hydrogens (primary N) is 1. The van der Waals surface area contributed by atoms with Gasteiger partial charge in [0.2, 0.25) is 11.8 Å². The normalized spacial score (nSPS) is 15.7. The molecule has 0 atom stereocenters. The Bertz CT molecular complexity index is 507. The smallest absolute Gasteiger partial charge is 0.248 e. The lowest BCUT2D eigenvalue weighted by Gasteiger charge is -2.32. The summed E-state index contributed by atoms with van der Waals surface area (Å²) >= 11 is 0. The SMILES string of the molecule is CCN(CC(=O)Nc1ccc(C(N)=O)cc1)C1CCCCC1. The molecule has 2 amide bonds. The fourth-order valence-electron chi connectivity index (χ4n) is 3.05. The summed E-state index contributed by atoms with van der Waals surface area (Å²) in [5.41, 5.74) is 6.33. The summed E-state index contributed by atoms with van der Waals surface area (Å²) in [6.45, 7) is 3.40. The van der Waals surface area contributed by atoms with Crippen LogP contribution in [0.4, 0.5) is 5.69 Å². The third kappa shape index (κ3) is 4.56. The highest BCUT2D eigenvalue weighted by molar-refractivity contribution is 5.95. The summed E-state index contributed by atoms with van der Waals surface area (Å²) in [4.78, 5) is 25.5. The van der Waals surface area contributed by atoms with E-state index in [0.717, 1.165) is 6.54 Å².